The van der Waals surface area contributed by atoms with Crippen molar-refractivity contribution < 1.29 is 0 Å². The highest BCUT2D eigenvalue weighted by molar-refractivity contribution is 5.44. The van der Waals surface area contributed by atoms with Crippen LogP contribution in [0, 0.1) is 0 Å². The molecule has 112 valence electrons. The van der Waals surface area contributed by atoms with Gasteiger partial charge in [-0.1, -0.05) is 13.8 Å². The molecular formula is C16H28N4. The van der Waals surface area contributed by atoms with Gasteiger partial charge in [-0.3, -0.25) is 0 Å². The van der Waals surface area contributed by atoms with Crippen molar-refractivity contribution >= 4 is 5.82 Å². The van der Waals surface area contributed by atoms with Crippen LogP contribution in [-0.2, 0) is 13.0 Å². The van der Waals surface area contributed by atoms with Gasteiger partial charge in [0, 0.05) is 31.4 Å². The molecule has 0 spiro atoms. The zero-order chi connectivity index (χ0) is 14.5. The Bertz CT molecular complexity index is 430. The molecule has 0 radical (unpaired) electrons. The molecule has 1 aromatic rings. The van der Waals surface area contributed by atoms with Gasteiger partial charge in [-0.25, -0.2) is 4.98 Å². The molecule has 0 aliphatic carbocycles. The van der Waals surface area contributed by atoms with Crippen LogP contribution in [0.1, 0.15) is 31.5 Å². The van der Waals surface area contributed by atoms with Gasteiger partial charge in [0.2, 0.25) is 0 Å². The summed E-state index contributed by atoms with van der Waals surface area (Å²) < 4.78 is 0. The first-order valence-electron chi connectivity index (χ1n) is 7.76. The SMILES string of the molecule is CCNCc1cc(CC)nc(N2CCC(N(C)C)C2)c1. The molecule has 0 amide bonds. The number of hydrogen-bond donors (Lipinski definition) is 1. The Morgan fingerprint density at radius 1 is 1.35 bits per heavy atom. The van der Waals surface area contributed by atoms with Gasteiger partial charge in [0.15, 0.2) is 0 Å². The first-order chi connectivity index (χ1) is 9.63. The van der Waals surface area contributed by atoms with Crippen LogP contribution in [0.3, 0.4) is 0 Å². The summed E-state index contributed by atoms with van der Waals surface area (Å²) in [5.74, 6) is 1.15. The van der Waals surface area contributed by atoms with Crippen molar-refractivity contribution in [2.45, 2.75) is 39.3 Å². The zero-order valence-electron chi connectivity index (χ0n) is 13.3. The van der Waals surface area contributed by atoms with Gasteiger partial charge in [0.25, 0.3) is 0 Å². The Morgan fingerprint density at radius 3 is 2.75 bits per heavy atom. The number of nitrogens with zero attached hydrogens (tertiary/aromatic N) is 3. The van der Waals surface area contributed by atoms with Crippen LogP contribution >= 0.6 is 0 Å². The van der Waals surface area contributed by atoms with E-state index in [9.17, 15) is 0 Å². The minimum absolute atomic E-state index is 0.652. The van der Waals surface area contributed by atoms with Gasteiger partial charge in [0.05, 0.1) is 0 Å². The maximum atomic E-state index is 4.82. The van der Waals surface area contributed by atoms with Crippen LogP contribution in [0.4, 0.5) is 5.82 Å². The smallest absolute Gasteiger partial charge is 0.129 e. The number of nitrogens with one attached hydrogen (secondary N) is 1. The lowest BCUT2D eigenvalue weighted by atomic mass is 10.2. The molecule has 0 aromatic carbocycles. The number of likely N-dealkylation sites (N-methyl/N-ethyl adjacent to an activating group) is 1. The summed E-state index contributed by atoms with van der Waals surface area (Å²) in [6, 6.07) is 5.13. The Labute approximate surface area is 123 Å². The average Bonchev–Trinajstić information content (AvgIpc) is 2.94. The predicted octanol–water partition coefficient (Wildman–Crippen LogP) is 1.89. The minimum atomic E-state index is 0.652. The Balaban J connectivity index is 2.14. The van der Waals surface area contributed by atoms with Gasteiger partial charge in [0.1, 0.15) is 5.82 Å². The topological polar surface area (TPSA) is 31.4 Å². The van der Waals surface area contributed by atoms with E-state index in [0.29, 0.717) is 6.04 Å². The van der Waals surface area contributed by atoms with Crippen molar-refractivity contribution in [2.24, 2.45) is 0 Å². The second-order valence-electron chi connectivity index (χ2n) is 5.81. The molecule has 1 aliphatic heterocycles. The van der Waals surface area contributed by atoms with E-state index in [1.807, 2.05) is 0 Å². The maximum absolute atomic E-state index is 4.82. The van der Waals surface area contributed by atoms with Crippen molar-refractivity contribution in [3.05, 3.63) is 23.4 Å². The summed E-state index contributed by atoms with van der Waals surface area (Å²) in [4.78, 5) is 9.57. The minimum Gasteiger partial charge on any atom is -0.355 e. The first kappa shape index (κ1) is 15.3. The van der Waals surface area contributed by atoms with Crippen molar-refractivity contribution in [1.82, 2.24) is 15.2 Å². The van der Waals surface area contributed by atoms with E-state index in [1.165, 1.54) is 17.7 Å². The summed E-state index contributed by atoms with van der Waals surface area (Å²) in [6.07, 6.45) is 2.23. The van der Waals surface area contributed by atoms with Crippen LogP contribution in [0.2, 0.25) is 0 Å². The van der Waals surface area contributed by atoms with E-state index in [-0.39, 0.29) is 0 Å². The molecular weight excluding hydrogens is 248 g/mol. The molecule has 1 aliphatic rings. The van der Waals surface area contributed by atoms with Crippen molar-refractivity contribution in [3.63, 3.8) is 0 Å². The first-order valence-corrected chi connectivity index (χ1v) is 7.76. The van der Waals surface area contributed by atoms with E-state index in [1.54, 1.807) is 0 Å². The van der Waals surface area contributed by atoms with Crippen molar-refractivity contribution in [1.29, 1.82) is 0 Å². The van der Waals surface area contributed by atoms with Gasteiger partial charge in [-0.15, -0.1) is 0 Å². The third kappa shape index (κ3) is 3.70. The number of aryl methyl sites for hydroxylation is 1. The van der Waals surface area contributed by atoms with E-state index in [2.05, 4.69) is 55.2 Å². The van der Waals surface area contributed by atoms with E-state index >= 15 is 0 Å². The summed E-state index contributed by atoms with van der Waals surface area (Å²) >= 11 is 0. The second-order valence-corrected chi connectivity index (χ2v) is 5.81. The predicted molar refractivity (Wildman–Crippen MR) is 85.3 cm³/mol. The highest BCUT2D eigenvalue weighted by Crippen LogP contribution is 2.22. The molecule has 1 atom stereocenters. The normalized spacial score (nSPS) is 19.1. The number of aromatic nitrogens is 1. The molecule has 0 bridgehead atoms. The maximum Gasteiger partial charge on any atom is 0.129 e. The van der Waals surface area contributed by atoms with E-state index in [4.69, 9.17) is 4.98 Å². The number of hydrogen-bond acceptors (Lipinski definition) is 4. The molecule has 1 saturated heterocycles. The van der Waals surface area contributed by atoms with E-state index in [0.717, 1.165) is 38.4 Å². The molecule has 20 heavy (non-hydrogen) atoms. The van der Waals surface area contributed by atoms with Gasteiger partial charge in [-0.05, 0) is 51.2 Å². The number of anilines is 1. The molecule has 1 unspecified atom stereocenters. The fourth-order valence-corrected chi connectivity index (χ4v) is 2.72. The summed E-state index contributed by atoms with van der Waals surface area (Å²) in [5.41, 5.74) is 2.55. The lowest BCUT2D eigenvalue weighted by Gasteiger charge is -2.22. The summed E-state index contributed by atoms with van der Waals surface area (Å²) in [7, 11) is 4.33. The third-order valence-corrected chi connectivity index (χ3v) is 4.08. The monoisotopic (exact) mass is 276 g/mol. The standard InChI is InChI=1S/C16H28N4/c1-5-14-9-13(11-17-6-2)10-16(18-14)20-8-7-15(12-20)19(3)4/h9-10,15,17H,5-8,11-12H2,1-4H3. The number of rotatable bonds is 6. The quantitative estimate of drug-likeness (QED) is 0.860. The average molecular weight is 276 g/mol. The van der Waals surface area contributed by atoms with Gasteiger partial charge in [-0.2, -0.15) is 0 Å². The molecule has 1 aromatic heterocycles. The molecule has 1 fully saturated rings. The van der Waals surface area contributed by atoms with Crippen LogP contribution in [0.5, 0.6) is 0 Å². The number of pyridine rings is 1. The fraction of sp³-hybridized carbons (Fsp3) is 0.688. The van der Waals surface area contributed by atoms with Crippen LogP contribution < -0.4 is 10.2 Å². The summed E-state index contributed by atoms with van der Waals surface area (Å²) in [5, 5.41) is 3.41. The fourth-order valence-electron chi connectivity index (χ4n) is 2.72. The zero-order valence-corrected chi connectivity index (χ0v) is 13.3. The van der Waals surface area contributed by atoms with Crippen molar-refractivity contribution in [3.8, 4) is 0 Å². The Hall–Kier alpha value is -1.13. The lowest BCUT2D eigenvalue weighted by Crippen LogP contribution is -2.31. The Kier molecular flexibility index (Phi) is 5.38. The largest absolute Gasteiger partial charge is 0.355 e. The van der Waals surface area contributed by atoms with E-state index < -0.39 is 0 Å². The van der Waals surface area contributed by atoms with Crippen LogP contribution in [0.25, 0.3) is 0 Å². The summed E-state index contributed by atoms with van der Waals surface area (Å²) in [6.45, 7) is 8.47. The highest BCUT2D eigenvalue weighted by Gasteiger charge is 2.25. The second kappa shape index (κ2) is 7.04. The third-order valence-electron chi connectivity index (χ3n) is 4.08. The molecule has 2 heterocycles. The van der Waals surface area contributed by atoms with Crippen molar-refractivity contribution in [2.75, 3.05) is 38.6 Å². The van der Waals surface area contributed by atoms with Crippen LogP contribution in [0.15, 0.2) is 12.1 Å². The molecule has 2 rings (SSSR count). The molecule has 0 saturated carbocycles. The molecule has 4 nitrogen and oxygen atoms in total. The van der Waals surface area contributed by atoms with Gasteiger partial charge < -0.3 is 15.1 Å². The van der Waals surface area contributed by atoms with Gasteiger partial charge >= 0.3 is 0 Å². The Morgan fingerprint density at radius 2 is 2.15 bits per heavy atom. The molecule has 4 heteroatoms. The highest BCUT2D eigenvalue weighted by atomic mass is 15.3. The molecule has 1 N–H and O–H groups in total. The van der Waals surface area contributed by atoms with Crippen LogP contribution in [-0.4, -0.2) is 49.7 Å². The lowest BCUT2D eigenvalue weighted by molar-refractivity contribution is 0.315.